The Morgan fingerprint density at radius 2 is 2.04 bits per heavy atom. The van der Waals surface area contributed by atoms with Gasteiger partial charge in [0.05, 0.1) is 10.9 Å². The van der Waals surface area contributed by atoms with Gasteiger partial charge in [0.2, 0.25) is 5.91 Å². The molecule has 0 saturated carbocycles. The molecule has 0 aliphatic carbocycles. The number of carbonyl (C=O) groups is 2. The molecule has 1 aliphatic rings. The number of anilines is 1. The molecule has 0 fully saturated rings. The largest absolute Gasteiger partial charge is 0.324 e. The zero-order valence-corrected chi connectivity index (χ0v) is 16.2. The Kier molecular flexibility index (Phi) is 4.96. The van der Waals surface area contributed by atoms with Crippen molar-refractivity contribution in [2.75, 3.05) is 5.32 Å². The maximum absolute atomic E-state index is 12.7. The number of nitrogens with zero attached hydrogens (tertiary/aromatic N) is 2. The molecule has 2 heterocycles. The van der Waals surface area contributed by atoms with Gasteiger partial charge in [-0.05, 0) is 30.7 Å². The van der Waals surface area contributed by atoms with E-state index in [0.717, 1.165) is 10.5 Å². The number of thioether (sulfide) groups is 1. The summed E-state index contributed by atoms with van der Waals surface area (Å²) in [5, 5.41) is 4.64. The van der Waals surface area contributed by atoms with Gasteiger partial charge in [0.25, 0.3) is 5.91 Å². The van der Waals surface area contributed by atoms with Crippen molar-refractivity contribution in [2.45, 2.75) is 23.6 Å². The number of benzene rings is 2. The molecule has 3 aromatic rings. The van der Waals surface area contributed by atoms with Crippen molar-refractivity contribution in [1.82, 2.24) is 4.57 Å². The summed E-state index contributed by atoms with van der Waals surface area (Å²) in [6.45, 7) is 2.52. The van der Waals surface area contributed by atoms with Crippen molar-refractivity contribution in [3.63, 3.8) is 0 Å². The van der Waals surface area contributed by atoms with Crippen LogP contribution in [0.4, 0.5) is 5.69 Å². The van der Waals surface area contributed by atoms with Crippen LogP contribution < -0.4 is 10.1 Å². The molecule has 27 heavy (non-hydrogen) atoms. The number of amides is 2. The summed E-state index contributed by atoms with van der Waals surface area (Å²) in [6, 6.07) is 15.4. The fraction of sp³-hybridized carbons (Fsp3) is 0.150. The highest BCUT2D eigenvalue weighted by Gasteiger charge is 2.23. The summed E-state index contributed by atoms with van der Waals surface area (Å²) >= 11 is 2.92. The van der Waals surface area contributed by atoms with Gasteiger partial charge in [-0.2, -0.15) is 4.99 Å². The van der Waals surface area contributed by atoms with Crippen LogP contribution >= 0.6 is 23.1 Å². The van der Waals surface area contributed by atoms with Gasteiger partial charge >= 0.3 is 0 Å². The molecule has 5 nitrogen and oxygen atoms in total. The Bertz CT molecular complexity index is 1070. The van der Waals surface area contributed by atoms with E-state index in [9.17, 15) is 9.59 Å². The van der Waals surface area contributed by atoms with Crippen LogP contribution in [0.1, 0.15) is 22.8 Å². The zero-order chi connectivity index (χ0) is 18.8. The van der Waals surface area contributed by atoms with Crippen molar-refractivity contribution in [1.29, 1.82) is 0 Å². The lowest BCUT2D eigenvalue weighted by Crippen LogP contribution is -2.26. The number of thiazole rings is 1. The van der Waals surface area contributed by atoms with Crippen LogP contribution in [0.2, 0.25) is 0 Å². The molecule has 1 aliphatic heterocycles. The van der Waals surface area contributed by atoms with E-state index in [1.165, 1.54) is 23.1 Å². The first kappa shape index (κ1) is 17.8. The highest BCUT2D eigenvalue weighted by atomic mass is 32.2. The molecule has 2 aromatic carbocycles. The minimum absolute atomic E-state index is 0.0482. The molecule has 1 aromatic heterocycles. The number of hydrogen-bond acceptors (Lipinski definition) is 4. The molecule has 4 rings (SSSR count). The van der Waals surface area contributed by atoms with Gasteiger partial charge < -0.3 is 9.88 Å². The topological polar surface area (TPSA) is 63.5 Å². The van der Waals surface area contributed by atoms with E-state index in [-0.39, 0.29) is 17.1 Å². The Labute approximate surface area is 164 Å². The van der Waals surface area contributed by atoms with E-state index in [1.54, 1.807) is 12.1 Å². The van der Waals surface area contributed by atoms with Crippen LogP contribution in [0.25, 0.3) is 0 Å². The second-order valence-corrected chi connectivity index (χ2v) is 8.43. The number of nitrogens with one attached hydrogen (secondary N) is 1. The molecule has 136 valence electrons. The standard InChI is InChI=1S/C20H17N3O2S2/c1-13-18(24)21-16-11-15(7-8-17(16)27-13)19(25)22-20-23(9-10-26-20)12-14-5-3-2-4-6-14/h2-11,13H,12H2,1H3,(H,21,24). The first-order valence-corrected chi connectivity index (χ1v) is 10.2. The third-order valence-electron chi connectivity index (χ3n) is 4.21. The summed E-state index contributed by atoms with van der Waals surface area (Å²) in [4.78, 5) is 30.4. The van der Waals surface area contributed by atoms with Gasteiger partial charge in [-0.3, -0.25) is 9.59 Å². The van der Waals surface area contributed by atoms with E-state index in [1.807, 2.05) is 59.5 Å². The molecule has 0 bridgehead atoms. The van der Waals surface area contributed by atoms with Crippen LogP contribution in [0.5, 0.6) is 0 Å². The number of hydrogen-bond donors (Lipinski definition) is 1. The highest BCUT2D eigenvalue weighted by molar-refractivity contribution is 8.00. The Hall–Kier alpha value is -2.64. The van der Waals surface area contributed by atoms with E-state index < -0.39 is 0 Å². The summed E-state index contributed by atoms with van der Waals surface area (Å²) < 4.78 is 1.95. The molecular formula is C20H17N3O2S2. The lowest BCUT2D eigenvalue weighted by Gasteiger charge is -2.21. The lowest BCUT2D eigenvalue weighted by atomic mass is 10.2. The normalized spacial score (nSPS) is 16.7. The summed E-state index contributed by atoms with van der Waals surface area (Å²) in [6.07, 6.45) is 1.93. The molecular weight excluding hydrogens is 378 g/mol. The van der Waals surface area contributed by atoms with Gasteiger partial charge in [0.15, 0.2) is 4.80 Å². The Morgan fingerprint density at radius 1 is 1.22 bits per heavy atom. The Balaban J connectivity index is 1.61. The van der Waals surface area contributed by atoms with Crippen LogP contribution in [0.15, 0.2) is 70.0 Å². The number of fused-ring (bicyclic) bond motifs is 1. The average Bonchev–Trinajstić information content (AvgIpc) is 3.09. The van der Waals surface area contributed by atoms with Crippen LogP contribution in [0.3, 0.4) is 0 Å². The number of rotatable bonds is 3. The zero-order valence-electron chi connectivity index (χ0n) is 14.6. The summed E-state index contributed by atoms with van der Waals surface area (Å²) in [5.41, 5.74) is 2.28. The molecule has 2 amide bonds. The third kappa shape index (κ3) is 3.89. The van der Waals surface area contributed by atoms with E-state index >= 15 is 0 Å². The molecule has 1 N–H and O–H groups in total. The van der Waals surface area contributed by atoms with Gasteiger partial charge in [0, 0.05) is 28.6 Å². The minimum atomic E-state index is -0.320. The maximum Gasteiger partial charge on any atom is 0.279 e. The minimum Gasteiger partial charge on any atom is -0.324 e. The van der Waals surface area contributed by atoms with Crippen molar-refractivity contribution in [3.05, 3.63) is 76.0 Å². The molecule has 0 saturated heterocycles. The molecule has 0 spiro atoms. The predicted octanol–water partition coefficient (Wildman–Crippen LogP) is 3.77. The van der Waals surface area contributed by atoms with E-state index in [4.69, 9.17) is 0 Å². The van der Waals surface area contributed by atoms with Gasteiger partial charge in [-0.1, -0.05) is 30.3 Å². The van der Waals surface area contributed by atoms with Crippen LogP contribution in [-0.4, -0.2) is 21.6 Å². The van der Waals surface area contributed by atoms with Crippen LogP contribution in [0, 0.1) is 0 Å². The molecule has 1 unspecified atom stereocenters. The average molecular weight is 396 g/mol. The number of carbonyl (C=O) groups excluding carboxylic acids is 2. The van der Waals surface area contributed by atoms with Gasteiger partial charge in [-0.15, -0.1) is 23.1 Å². The SMILES string of the molecule is CC1Sc2ccc(C(=O)N=c3sccn3Cc3ccccc3)cc2NC1=O. The lowest BCUT2D eigenvalue weighted by molar-refractivity contribution is -0.115. The molecule has 0 radical (unpaired) electrons. The summed E-state index contributed by atoms with van der Waals surface area (Å²) in [5.74, 6) is -0.368. The molecule has 7 heteroatoms. The quantitative estimate of drug-likeness (QED) is 0.734. The first-order chi connectivity index (χ1) is 13.1. The van der Waals surface area contributed by atoms with Crippen molar-refractivity contribution < 1.29 is 9.59 Å². The van der Waals surface area contributed by atoms with Crippen molar-refractivity contribution >= 4 is 40.6 Å². The summed E-state index contributed by atoms with van der Waals surface area (Å²) in [7, 11) is 0. The fourth-order valence-corrected chi connectivity index (χ4v) is 4.44. The Morgan fingerprint density at radius 3 is 2.85 bits per heavy atom. The van der Waals surface area contributed by atoms with E-state index in [0.29, 0.717) is 22.6 Å². The molecule has 1 atom stereocenters. The number of aromatic nitrogens is 1. The van der Waals surface area contributed by atoms with Gasteiger partial charge in [0.1, 0.15) is 0 Å². The highest BCUT2D eigenvalue weighted by Crippen LogP contribution is 2.35. The monoisotopic (exact) mass is 395 g/mol. The second kappa shape index (κ2) is 7.54. The maximum atomic E-state index is 12.7. The second-order valence-electron chi connectivity index (χ2n) is 6.18. The smallest absolute Gasteiger partial charge is 0.279 e. The van der Waals surface area contributed by atoms with Crippen molar-refractivity contribution in [2.24, 2.45) is 4.99 Å². The first-order valence-electron chi connectivity index (χ1n) is 8.48. The van der Waals surface area contributed by atoms with E-state index in [2.05, 4.69) is 10.3 Å². The van der Waals surface area contributed by atoms with Crippen LogP contribution in [-0.2, 0) is 11.3 Å². The third-order valence-corrected chi connectivity index (χ3v) is 6.18. The predicted molar refractivity (Wildman–Crippen MR) is 108 cm³/mol. The van der Waals surface area contributed by atoms with Gasteiger partial charge in [-0.25, -0.2) is 0 Å². The fourth-order valence-electron chi connectivity index (χ4n) is 2.78. The van der Waals surface area contributed by atoms with Crippen molar-refractivity contribution in [3.8, 4) is 0 Å².